The second-order valence-corrected chi connectivity index (χ2v) is 8.64. The summed E-state index contributed by atoms with van der Waals surface area (Å²) in [4.78, 5) is 42.9. The predicted octanol–water partition coefficient (Wildman–Crippen LogP) is 4.58. The highest BCUT2D eigenvalue weighted by molar-refractivity contribution is 7.99. The number of anilines is 1. The lowest BCUT2D eigenvalue weighted by Crippen LogP contribution is -2.19. The molecule has 166 valence electrons. The zero-order valence-corrected chi connectivity index (χ0v) is 19.3. The molecule has 8 nitrogen and oxygen atoms in total. The van der Waals surface area contributed by atoms with Crippen LogP contribution in [0.4, 0.5) is 11.4 Å². The Balaban J connectivity index is 1.72. The number of halogens is 1. The second kappa shape index (κ2) is 9.97. The van der Waals surface area contributed by atoms with Crippen LogP contribution in [0.2, 0.25) is 5.02 Å². The predicted molar refractivity (Wildman–Crippen MR) is 126 cm³/mol. The maximum atomic E-state index is 12.6. The largest absolute Gasteiger partial charge is 0.319 e. The quantitative estimate of drug-likeness (QED) is 0.225. The van der Waals surface area contributed by atoms with Crippen LogP contribution in [0.25, 0.3) is 0 Å². The van der Waals surface area contributed by atoms with Crippen molar-refractivity contribution in [2.24, 2.45) is 0 Å². The second-order valence-electron chi connectivity index (χ2n) is 7.27. The summed E-state index contributed by atoms with van der Waals surface area (Å²) >= 11 is 7.23. The number of aryl methyl sites for hydroxylation is 3. The van der Waals surface area contributed by atoms with Crippen LogP contribution >= 0.6 is 23.4 Å². The molecule has 1 aromatic heterocycles. The van der Waals surface area contributed by atoms with E-state index in [0.29, 0.717) is 33.4 Å². The summed E-state index contributed by atoms with van der Waals surface area (Å²) in [5.74, 6) is -0.512. The van der Waals surface area contributed by atoms with Gasteiger partial charge in [0.15, 0.2) is 5.16 Å². The van der Waals surface area contributed by atoms with E-state index in [1.165, 1.54) is 6.07 Å². The number of hydrogen-bond donors (Lipinski definition) is 2. The molecule has 1 heterocycles. The number of carbonyl (C=O) groups is 1. The zero-order chi connectivity index (χ0) is 23.4. The highest BCUT2D eigenvalue weighted by Crippen LogP contribution is 2.30. The Kier molecular flexibility index (Phi) is 7.32. The number of H-pyrrole nitrogens is 1. The van der Waals surface area contributed by atoms with Crippen LogP contribution in [0.15, 0.2) is 46.3 Å². The number of aromatic nitrogens is 2. The van der Waals surface area contributed by atoms with Gasteiger partial charge in [-0.3, -0.25) is 19.7 Å². The summed E-state index contributed by atoms with van der Waals surface area (Å²) in [5.41, 5.74) is 2.90. The van der Waals surface area contributed by atoms with E-state index in [4.69, 9.17) is 11.6 Å². The molecular formula is C22H21ClN4O4S. The van der Waals surface area contributed by atoms with Crippen molar-refractivity contribution in [2.45, 2.75) is 32.3 Å². The van der Waals surface area contributed by atoms with Crippen molar-refractivity contribution in [1.82, 2.24) is 9.97 Å². The molecule has 0 aliphatic rings. The van der Waals surface area contributed by atoms with E-state index < -0.39 is 10.8 Å². The van der Waals surface area contributed by atoms with Crippen molar-refractivity contribution in [3.05, 3.63) is 89.8 Å². The molecule has 3 aromatic rings. The van der Waals surface area contributed by atoms with Gasteiger partial charge in [0, 0.05) is 28.8 Å². The lowest BCUT2D eigenvalue weighted by Gasteiger charge is -2.11. The lowest BCUT2D eigenvalue weighted by molar-refractivity contribution is -0.384. The fourth-order valence-electron chi connectivity index (χ4n) is 3.25. The molecule has 2 N–H and O–H groups in total. The summed E-state index contributed by atoms with van der Waals surface area (Å²) < 4.78 is 0. The molecule has 0 aliphatic heterocycles. The highest BCUT2D eigenvalue weighted by atomic mass is 35.5. The number of nitrogens with zero attached hydrogens (tertiary/aromatic N) is 2. The number of thioether (sulfide) groups is 1. The zero-order valence-electron chi connectivity index (χ0n) is 17.7. The first kappa shape index (κ1) is 23.5. The smallest absolute Gasteiger partial charge is 0.293 e. The first-order chi connectivity index (χ1) is 15.2. The molecule has 0 bridgehead atoms. The lowest BCUT2D eigenvalue weighted by atomic mass is 10.1. The molecule has 0 spiro atoms. The van der Waals surface area contributed by atoms with Gasteiger partial charge >= 0.3 is 0 Å². The van der Waals surface area contributed by atoms with Crippen LogP contribution in [-0.4, -0.2) is 26.6 Å². The summed E-state index contributed by atoms with van der Waals surface area (Å²) in [5, 5.41) is 14.8. The van der Waals surface area contributed by atoms with Crippen molar-refractivity contribution in [3.63, 3.8) is 0 Å². The Labute approximate surface area is 193 Å². The van der Waals surface area contributed by atoms with Gasteiger partial charge in [-0.25, -0.2) is 4.98 Å². The third kappa shape index (κ3) is 5.54. The Morgan fingerprint density at radius 3 is 2.62 bits per heavy atom. The number of hydrogen-bond acceptors (Lipinski definition) is 6. The van der Waals surface area contributed by atoms with Gasteiger partial charge in [-0.05, 0) is 43.5 Å². The molecule has 10 heteroatoms. The average Bonchev–Trinajstić information content (AvgIpc) is 2.72. The number of amides is 1. The van der Waals surface area contributed by atoms with Crippen LogP contribution in [0.1, 0.15) is 27.9 Å². The van der Waals surface area contributed by atoms with Gasteiger partial charge in [-0.1, -0.05) is 47.6 Å². The number of benzene rings is 2. The van der Waals surface area contributed by atoms with E-state index in [1.807, 2.05) is 18.2 Å². The molecule has 2 aromatic carbocycles. The van der Waals surface area contributed by atoms with Crippen molar-refractivity contribution < 1.29 is 9.72 Å². The van der Waals surface area contributed by atoms with Crippen LogP contribution in [0, 0.1) is 30.9 Å². The standard InChI is InChI=1S/C22H21ClN4O4S/c1-12-8-13(2)20(18(9-12)27(30)31)25-19(28)11-32-22-24-14(3)16(21(29)26-22)10-15-6-4-5-7-17(15)23/h4-9H,10-11H2,1-3H3,(H,25,28)(H,24,26,29). The molecule has 0 aliphatic carbocycles. The summed E-state index contributed by atoms with van der Waals surface area (Å²) in [6.45, 7) is 5.18. The Hall–Kier alpha value is -3.17. The number of nitro groups is 1. The number of aromatic amines is 1. The minimum Gasteiger partial charge on any atom is -0.319 e. The topological polar surface area (TPSA) is 118 Å². The Morgan fingerprint density at radius 2 is 1.97 bits per heavy atom. The van der Waals surface area contributed by atoms with Crippen molar-refractivity contribution in [2.75, 3.05) is 11.1 Å². The molecule has 3 rings (SSSR count). The van der Waals surface area contributed by atoms with Gasteiger partial charge < -0.3 is 10.3 Å². The normalized spacial score (nSPS) is 10.8. The average molecular weight is 473 g/mol. The number of carbonyl (C=O) groups excluding carboxylic acids is 1. The Bertz CT molecular complexity index is 1260. The van der Waals surface area contributed by atoms with Gasteiger partial charge in [0.1, 0.15) is 5.69 Å². The minimum atomic E-state index is -0.525. The maximum Gasteiger partial charge on any atom is 0.293 e. The van der Waals surface area contributed by atoms with E-state index in [1.54, 1.807) is 32.9 Å². The monoisotopic (exact) mass is 472 g/mol. The third-order valence-electron chi connectivity index (χ3n) is 4.79. The summed E-state index contributed by atoms with van der Waals surface area (Å²) in [6, 6.07) is 10.4. The molecular weight excluding hydrogens is 452 g/mol. The number of rotatable bonds is 7. The molecule has 1 amide bonds. The van der Waals surface area contributed by atoms with Crippen LogP contribution in [0.3, 0.4) is 0 Å². The van der Waals surface area contributed by atoms with E-state index >= 15 is 0 Å². The van der Waals surface area contributed by atoms with Gasteiger partial charge in [-0.15, -0.1) is 0 Å². The molecule has 0 saturated heterocycles. The first-order valence-corrected chi connectivity index (χ1v) is 11.0. The van der Waals surface area contributed by atoms with Gasteiger partial charge in [0.05, 0.1) is 10.7 Å². The Morgan fingerprint density at radius 1 is 1.25 bits per heavy atom. The minimum absolute atomic E-state index is 0.0727. The van der Waals surface area contributed by atoms with Crippen LogP contribution in [0.5, 0.6) is 0 Å². The van der Waals surface area contributed by atoms with Crippen molar-refractivity contribution >= 4 is 40.6 Å². The summed E-state index contributed by atoms with van der Waals surface area (Å²) in [6.07, 6.45) is 0.343. The molecule has 0 fully saturated rings. The highest BCUT2D eigenvalue weighted by Gasteiger charge is 2.19. The van der Waals surface area contributed by atoms with Gasteiger partial charge in [0.25, 0.3) is 11.2 Å². The van der Waals surface area contributed by atoms with Crippen LogP contribution in [-0.2, 0) is 11.2 Å². The van der Waals surface area contributed by atoms with E-state index in [0.717, 1.165) is 22.9 Å². The third-order valence-corrected chi connectivity index (χ3v) is 6.03. The molecule has 0 unspecified atom stereocenters. The first-order valence-electron chi connectivity index (χ1n) is 9.67. The van der Waals surface area contributed by atoms with Gasteiger partial charge in [-0.2, -0.15) is 0 Å². The van der Waals surface area contributed by atoms with Crippen LogP contribution < -0.4 is 10.9 Å². The fourth-order valence-corrected chi connectivity index (χ4v) is 4.16. The molecule has 0 atom stereocenters. The SMILES string of the molecule is Cc1cc(C)c(NC(=O)CSc2nc(C)c(Cc3ccccc3Cl)c(=O)[nH]2)c([N+](=O)[O-])c1. The van der Waals surface area contributed by atoms with E-state index in [9.17, 15) is 19.7 Å². The van der Waals surface area contributed by atoms with Crippen molar-refractivity contribution in [1.29, 1.82) is 0 Å². The molecule has 32 heavy (non-hydrogen) atoms. The number of nitro benzene ring substituents is 1. The maximum absolute atomic E-state index is 12.6. The fraction of sp³-hybridized carbons (Fsp3) is 0.227. The number of nitrogens with one attached hydrogen (secondary N) is 2. The molecule has 0 saturated carbocycles. The molecule has 0 radical (unpaired) electrons. The van der Waals surface area contributed by atoms with Crippen molar-refractivity contribution in [3.8, 4) is 0 Å². The van der Waals surface area contributed by atoms with E-state index in [2.05, 4.69) is 15.3 Å². The summed E-state index contributed by atoms with van der Waals surface area (Å²) in [7, 11) is 0. The van der Waals surface area contributed by atoms with E-state index in [-0.39, 0.29) is 22.7 Å². The van der Waals surface area contributed by atoms with Gasteiger partial charge in [0.2, 0.25) is 5.91 Å².